The Labute approximate surface area is 197 Å². The first-order valence-corrected chi connectivity index (χ1v) is 10.9. The lowest BCUT2D eigenvalue weighted by Crippen LogP contribution is -2.21. The number of nitrogens with one attached hydrogen (secondary N) is 2. The molecule has 6 nitrogen and oxygen atoms in total. The summed E-state index contributed by atoms with van der Waals surface area (Å²) in [5.41, 5.74) is 3.88. The number of hydrogen-bond acceptors (Lipinski definition) is 4. The zero-order valence-electron chi connectivity index (χ0n) is 15.2. The van der Waals surface area contributed by atoms with Crippen LogP contribution >= 0.6 is 47.8 Å². The highest BCUT2D eigenvalue weighted by Gasteiger charge is 2.14. The van der Waals surface area contributed by atoms with E-state index >= 15 is 0 Å². The van der Waals surface area contributed by atoms with E-state index in [4.69, 9.17) is 0 Å². The molecule has 0 saturated heterocycles. The highest BCUT2D eigenvalue weighted by atomic mass is 79.9. The predicted octanol–water partition coefficient (Wildman–Crippen LogP) is 5.70. The smallest absolute Gasteiger partial charge is 0.273 e. The average molecular weight is 596 g/mol. The van der Waals surface area contributed by atoms with Crippen molar-refractivity contribution >= 4 is 71.5 Å². The molecule has 0 spiro atoms. The van der Waals surface area contributed by atoms with Crippen LogP contribution in [0.1, 0.15) is 26.3 Å². The van der Waals surface area contributed by atoms with Gasteiger partial charge >= 0.3 is 0 Å². The second kappa shape index (κ2) is 10.0. The second-order valence-corrected chi connectivity index (χ2v) is 8.72. The third-order valence-corrected chi connectivity index (χ3v) is 5.54. The van der Waals surface area contributed by atoms with E-state index in [1.807, 2.05) is 0 Å². The lowest BCUT2D eigenvalue weighted by atomic mass is 10.1. The Bertz CT molecular complexity index is 1130. The van der Waals surface area contributed by atoms with Gasteiger partial charge in [0.15, 0.2) is 0 Å². The topological polar surface area (TPSA) is 90.8 Å². The van der Waals surface area contributed by atoms with E-state index in [0.717, 1.165) is 8.95 Å². The molecular formula is C21H14Br3N3O3. The Balaban J connectivity index is 1.74. The minimum atomic E-state index is -0.508. The molecule has 0 unspecified atom stereocenters. The summed E-state index contributed by atoms with van der Waals surface area (Å²) in [5.74, 6) is -0.847. The van der Waals surface area contributed by atoms with Crippen molar-refractivity contribution in [2.75, 3.05) is 5.32 Å². The van der Waals surface area contributed by atoms with Crippen LogP contribution in [0.2, 0.25) is 0 Å². The van der Waals surface area contributed by atoms with Crippen molar-refractivity contribution in [2.45, 2.75) is 0 Å². The highest BCUT2D eigenvalue weighted by molar-refractivity contribution is 9.11. The largest absolute Gasteiger partial charge is 0.506 e. The Kier molecular flexibility index (Phi) is 7.41. The quantitative estimate of drug-likeness (QED) is 0.261. The van der Waals surface area contributed by atoms with Gasteiger partial charge in [0.2, 0.25) is 0 Å². The number of para-hydroxylation sites is 1. The van der Waals surface area contributed by atoms with Crippen LogP contribution in [0.25, 0.3) is 0 Å². The van der Waals surface area contributed by atoms with Crippen molar-refractivity contribution in [1.29, 1.82) is 0 Å². The summed E-state index contributed by atoms with van der Waals surface area (Å²) in [6.45, 7) is 0. The lowest BCUT2D eigenvalue weighted by Gasteiger charge is -2.10. The van der Waals surface area contributed by atoms with Crippen LogP contribution in [0.5, 0.6) is 5.75 Å². The SMILES string of the molecule is O=C(Nc1ccccc1C(=O)N/N=C\c1cc(Br)cc(Br)c1O)c1ccc(Br)cc1. The number of halogens is 3. The normalized spacial score (nSPS) is 10.8. The van der Waals surface area contributed by atoms with Crippen LogP contribution in [-0.2, 0) is 0 Å². The third-order valence-electron chi connectivity index (χ3n) is 3.95. The van der Waals surface area contributed by atoms with Crippen molar-refractivity contribution in [2.24, 2.45) is 5.10 Å². The highest BCUT2D eigenvalue weighted by Crippen LogP contribution is 2.30. The van der Waals surface area contributed by atoms with Crippen LogP contribution in [0, 0.1) is 0 Å². The number of anilines is 1. The fourth-order valence-electron chi connectivity index (χ4n) is 2.49. The van der Waals surface area contributed by atoms with Gasteiger partial charge in [-0.25, -0.2) is 5.43 Å². The molecule has 0 atom stereocenters. The van der Waals surface area contributed by atoms with Crippen molar-refractivity contribution in [3.63, 3.8) is 0 Å². The fraction of sp³-hybridized carbons (Fsp3) is 0. The number of phenolic OH excluding ortho intramolecular Hbond substituents is 1. The maximum Gasteiger partial charge on any atom is 0.273 e. The molecule has 0 aliphatic heterocycles. The van der Waals surface area contributed by atoms with E-state index in [2.05, 4.69) is 63.6 Å². The summed E-state index contributed by atoms with van der Waals surface area (Å²) in [7, 11) is 0. The molecule has 30 heavy (non-hydrogen) atoms. The maximum absolute atomic E-state index is 12.6. The van der Waals surface area contributed by atoms with Gasteiger partial charge in [-0.15, -0.1) is 0 Å². The zero-order chi connectivity index (χ0) is 21.7. The zero-order valence-corrected chi connectivity index (χ0v) is 20.0. The van der Waals surface area contributed by atoms with E-state index in [0.29, 0.717) is 21.3 Å². The summed E-state index contributed by atoms with van der Waals surface area (Å²) in [6, 6.07) is 16.8. The summed E-state index contributed by atoms with van der Waals surface area (Å²) < 4.78 is 2.09. The van der Waals surface area contributed by atoms with Crippen LogP contribution in [-0.4, -0.2) is 23.1 Å². The van der Waals surface area contributed by atoms with Gasteiger partial charge in [0, 0.05) is 20.1 Å². The number of amides is 2. The number of phenols is 1. The fourth-order valence-corrected chi connectivity index (χ4v) is 4.01. The van der Waals surface area contributed by atoms with Gasteiger partial charge in [-0.05, 0) is 64.5 Å². The second-order valence-electron chi connectivity index (χ2n) is 6.03. The van der Waals surface area contributed by atoms with E-state index in [1.165, 1.54) is 6.21 Å². The first-order chi connectivity index (χ1) is 14.3. The summed E-state index contributed by atoms with van der Waals surface area (Å²) >= 11 is 9.89. The van der Waals surface area contributed by atoms with Crippen molar-refractivity contribution in [3.05, 3.63) is 90.8 Å². The molecule has 2 amide bonds. The molecule has 0 radical (unpaired) electrons. The monoisotopic (exact) mass is 593 g/mol. The minimum absolute atomic E-state index is 0.00152. The number of rotatable bonds is 5. The van der Waals surface area contributed by atoms with Crippen molar-refractivity contribution in [1.82, 2.24) is 5.43 Å². The predicted molar refractivity (Wildman–Crippen MR) is 127 cm³/mol. The van der Waals surface area contributed by atoms with Crippen LogP contribution in [0.3, 0.4) is 0 Å². The van der Waals surface area contributed by atoms with Gasteiger partial charge in [-0.1, -0.05) is 44.0 Å². The molecule has 0 aliphatic carbocycles. The van der Waals surface area contributed by atoms with Crippen LogP contribution < -0.4 is 10.7 Å². The van der Waals surface area contributed by atoms with Crippen LogP contribution in [0.4, 0.5) is 5.69 Å². The van der Waals surface area contributed by atoms with Gasteiger partial charge in [-0.3, -0.25) is 9.59 Å². The Hall–Kier alpha value is -2.49. The minimum Gasteiger partial charge on any atom is -0.506 e. The molecule has 3 aromatic rings. The maximum atomic E-state index is 12.6. The Morgan fingerprint density at radius 3 is 2.33 bits per heavy atom. The molecular weight excluding hydrogens is 582 g/mol. The van der Waals surface area contributed by atoms with E-state index in [9.17, 15) is 14.7 Å². The first-order valence-electron chi connectivity index (χ1n) is 8.52. The molecule has 0 aliphatic rings. The Morgan fingerprint density at radius 1 is 0.900 bits per heavy atom. The molecule has 9 heteroatoms. The number of benzene rings is 3. The number of carbonyl (C=O) groups excluding carboxylic acids is 2. The number of hydrazone groups is 1. The van der Waals surface area contributed by atoms with Gasteiger partial charge in [0.05, 0.1) is 21.9 Å². The molecule has 3 N–H and O–H groups in total. The molecule has 0 heterocycles. The standard InChI is InChI=1S/C21H14Br3N3O3/c22-14-7-5-12(6-8-14)20(29)26-18-4-2-1-3-16(18)21(30)27-25-11-13-9-15(23)10-17(24)19(13)28/h1-11,28H,(H,26,29)(H,27,30)/b25-11-. The average Bonchev–Trinajstić information content (AvgIpc) is 2.72. The summed E-state index contributed by atoms with van der Waals surface area (Å²) in [6.07, 6.45) is 1.33. The summed E-state index contributed by atoms with van der Waals surface area (Å²) in [5, 5.41) is 16.7. The number of carbonyl (C=O) groups is 2. The first kappa shape index (κ1) is 22.2. The molecule has 0 saturated carbocycles. The Morgan fingerprint density at radius 2 is 1.60 bits per heavy atom. The molecule has 3 aromatic carbocycles. The van der Waals surface area contributed by atoms with Crippen molar-refractivity contribution in [3.8, 4) is 5.75 Å². The number of nitrogens with zero attached hydrogens (tertiary/aromatic N) is 1. The van der Waals surface area contributed by atoms with Gasteiger partial charge < -0.3 is 10.4 Å². The van der Waals surface area contributed by atoms with Gasteiger partial charge in [-0.2, -0.15) is 5.10 Å². The summed E-state index contributed by atoms with van der Waals surface area (Å²) in [4.78, 5) is 25.0. The number of aromatic hydroxyl groups is 1. The lowest BCUT2D eigenvalue weighted by molar-refractivity contribution is 0.0956. The van der Waals surface area contributed by atoms with E-state index in [1.54, 1.807) is 60.7 Å². The molecule has 152 valence electrons. The molecule has 0 aromatic heterocycles. The third kappa shape index (κ3) is 5.56. The molecule has 0 fully saturated rings. The van der Waals surface area contributed by atoms with Gasteiger partial charge in [0.1, 0.15) is 5.75 Å². The van der Waals surface area contributed by atoms with Crippen molar-refractivity contribution < 1.29 is 14.7 Å². The molecule has 0 bridgehead atoms. The van der Waals surface area contributed by atoms with Gasteiger partial charge in [0.25, 0.3) is 11.8 Å². The van der Waals surface area contributed by atoms with E-state index in [-0.39, 0.29) is 17.2 Å². The van der Waals surface area contributed by atoms with Crippen LogP contribution in [0.15, 0.2) is 79.2 Å². The number of hydrogen-bond donors (Lipinski definition) is 3. The van der Waals surface area contributed by atoms with E-state index < -0.39 is 5.91 Å². The molecule has 3 rings (SSSR count).